The van der Waals surface area contributed by atoms with Crippen LogP contribution < -0.4 is 0 Å². The van der Waals surface area contributed by atoms with Gasteiger partial charge in [-0.25, -0.2) is 24.3 Å². The van der Waals surface area contributed by atoms with E-state index in [4.69, 9.17) is 29.0 Å². The molecule has 0 fully saturated rings. The molecule has 0 heterocycles. The van der Waals surface area contributed by atoms with Crippen LogP contribution in [-0.4, -0.2) is 43.8 Å². The van der Waals surface area contributed by atoms with Crippen molar-refractivity contribution in [2.24, 2.45) is 0 Å². The van der Waals surface area contributed by atoms with E-state index < -0.39 is 17.4 Å². The van der Waals surface area contributed by atoms with E-state index in [1.54, 1.807) is 39.8 Å². The highest BCUT2D eigenvalue weighted by molar-refractivity contribution is 5.61. The van der Waals surface area contributed by atoms with Crippen molar-refractivity contribution < 1.29 is 33.8 Å². The minimum absolute atomic E-state index is 0.0509. The molecule has 0 unspecified atom stereocenters. The SMILES string of the molecule is C=CCOOCC(C)(C)OC(=O)OC(C)(C)COOCC=C. The Hall–Kier alpha value is -1.41. The number of rotatable bonds is 12. The molecule has 0 saturated carbocycles. The second-order valence-corrected chi connectivity index (χ2v) is 5.64. The van der Waals surface area contributed by atoms with Gasteiger partial charge in [-0.05, 0) is 27.7 Å². The predicted octanol–water partition coefficient (Wildman–Crippen LogP) is 2.97. The highest BCUT2D eigenvalue weighted by Crippen LogP contribution is 2.16. The highest BCUT2D eigenvalue weighted by Gasteiger charge is 2.30. The second kappa shape index (κ2) is 10.3. The lowest BCUT2D eigenvalue weighted by molar-refractivity contribution is -0.312. The molecule has 0 aromatic rings. The normalized spacial score (nSPS) is 11.8. The van der Waals surface area contributed by atoms with Crippen LogP contribution >= 0.6 is 0 Å². The minimum Gasteiger partial charge on any atom is -0.426 e. The fourth-order valence-corrected chi connectivity index (χ4v) is 1.09. The molecule has 128 valence electrons. The first-order chi connectivity index (χ1) is 10.2. The first-order valence-corrected chi connectivity index (χ1v) is 6.85. The average molecular weight is 318 g/mol. The molecule has 0 aliphatic carbocycles. The number of hydrogen-bond donors (Lipinski definition) is 0. The lowest BCUT2D eigenvalue weighted by Gasteiger charge is -2.28. The topological polar surface area (TPSA) is 72.5 Å². The standard InChI is InChI=1S/C15H26O7/c1-7-9-17-19-11-14(3,4)21-13(16)22-15(5,6)12-20-18-10-8-2/h7-8H,1-2,9-12H2,3-6H3. The summed E-state index contributed by atoms with van der Waals surface area (Å²) in [7, 11) is 0. The maximum absolute atomic E-state index is 11.8. The first-order valence-electron chi connectivity index (χ1n) is 6.85. The quantitative estimate of drug-likeness (QED) is 0.180. The lowest BCUT2D eigenvalue weighted by atomic mass is 10.1. The van der Waals surface area contributed by atoms with Gasteiger partial charge in [0.15, 0.2) is 0 Å². The molecular weight excluding hydrogens is 292 g/mol. The molecule has 22 heavy (non-hydrogen) atoms. The summed E-state index contributed by atoms with van der Waals surface area (Å²) in [5, 5.41) is 0. The molecule has 0 aliphatic rings. The molecule has 0 aromatic heterocycles. The van der Waals surface area contributed by atoms with Crippen LogP contribution in [0.4, 0.5) is 4.79 Å². The van der Waals surface area contributed by atoms with Gasteiger partial charge in [0.25, 0.3) is 0 Å². The van der Waals surface area contributed by atoms with Crippen molar-refractivity contribution in [1.82, 2.24) is 0 Å². The van der Waals surface area contributed by atoms with E-state index in [-0.39, 0.29) is 26.4 Å². The molecule has 0 aliphatic heterocycles. The van der Waals surface area contributed by atoms with Gasteiger partial charge in [0.1, 0.15) is 37.6 Å². The number of ether oxygens (including phenoxy) is 2. The Morgan fingerprint density at radius 1 is 0.818 bits per heavy atom. The van der Waals surface area contributed by atoms with Crippen LogP contribution in [0.15, 0.2) is 25.3 Å². The Bertz CT molecular complexity index is 318. The molecular formula is C15H26O7. The third kappa shape index (κ3) is 11.3. The Labute approximate surface area is 131 Å². The Kier molecular flexibility index (Phi) is 9.68. The van der Waals surface area contributed by atoms with Gasteiger partial charge in [0, 0.05) is 0 Å². The van der Waals surface area contributed by atoms with Gasteiger partial charge < -0.3 is 9.47 Å². The average Bonchev–Trinajstić information content (AvgIpc) is 2.38. The summed E-state index contributed by atoms with van der Waals surface area (Å²) >= 11 is 0. The molecule has 0 atom stereocenters. The van der Waals surface area contributed by atoms with Crippen LogP contribution in [0.2, 0.25) is 0 Å². The molecule has 0 saturated heterocycles. The van der Waals surface area contributed by atoms with Crippen molar-refractivity contribution in [2.75, 3.05) is 26.4 Å². The zero-order valence-electron chi connectivity index (χ0n) is 13.8. The van der Waals surface area contributed by atoms with Gasteiger partial charge in [-0.1, -0.05) is 12.2 Å². The van der Waals surface area contributed by atoms with Crippen LogP contribution in [0.1, 0.15) is 27.7 Å². The van der Waals surface area contributed by atoms with Crippen molar-refractivity contribution in [3.63, 3.8) is 0 Å². The van der Waals surface area contributed by atoms with E-state index in [0.29, 0.717) is 0 Å². The minimum atomic E-state index is -0.908. The largest absolute Gasteiger partial charge is 0.509 e. The van der Waals surface area contributed by atoms with Crippen molar-refractivity contribution in [3.8, 4) is 0 Å². The van der Waals surface area contributed by atoms with Crippen LogP contribution in [0.5, 0.6) is 0 Å². The van der Waals surface area contributed by atoms with Gasteiger partial charge in [-0.3, -0.25) is 0 Å². The van der Waals surface area contributed by atoms with E-state index in [1.165, 1.54) is 0 Å². The van der Waals surface area contributed by atoms with E-state index in [1.807, 2.05) is 0 Å². The molecule has 0 spiro atoms. The van der Waals surface area contributed by atoms with Crippen molar-refractivity contribution >= 4 is 6.16 Å². The van der Waals surface area contributed by atoms with Crippen molar-refractivity contribution in [3.05, 3.63) is 25.3 Å². The fraction of sp³-hybridized carbons (Fsp3) is 0.667. The Morgan fingerprint density at radius 3 is 1.50 bits per heavy atom. The molecule has 0 amide bonds. The summed E-state index contributed by atoms with van der Waals surface area (Å²) in [5.74, 6) is 0. The Balaban J connectivity index is 4.11. The summed E-state index contributed by atoms with van der Waals surface area (Å²) < 4.78 is 10.4. The van der Waals surface area contributed by atoms with Gasteiger partial charge in [0.05, 0.1) is 0 Å². The summed E-state index contributed by atoms with van der Waals surface area (Å²) in [4.78, 5) is 31.2. The lowest BCUT2D eigenvalue weighted by Crippen LogP contribution is -2.39. The third-order valence-electron chi connectivity index (χ3n) is 2.07. The van der Waals surface area contributed by atoms with Crippen LogP contribution in [0.25, 0.3) is 0 Å². The van der Waals surface area contributed by atoms with Crippen LogP contribution in [0, 0.1) is 0 Å². The molecule has 0 bridgehead atoms. The smallest absolute Gasteiger partial charge is 0.426 e. The molecule has 7 heteroatoms. The van der Waals surface area contributed by atoms with E-state index >= 15 is 0 Å². The summed E-state index contributed by atoms with van der Waals surface area (Å²) in [5.41, 5.74) is -1.82. The zero-order chi connectivity index (χ0) is 17.1. The third-order valence-corrected chi connectivity index (χ3v) is 2.07. The molecule has 0 radical (unpaired) electrons. The van der Waals surface area contributed by atoms with Crippen LogP contribution in [-0.2, 0) is 29.0 Å². The predicted molar refractivity (Wildman–Crippen MR) is 79.9 cm³/mol. The first kappa shape index (κ1) is 20.6. The molecule has 7 nitrogen and oxygen atoms in total. The number of carbonyl (C=O) groups is 1. The summed E-state index contributed by atoms with van der Waals surface area (Å²) in [6.07, 6.45) is 2.24. The van der Waals surface area contributed by atoms with Crippen molar-refractivity contribution in [1.29, 1.82) is 0 Å². The second-order valence-electron chi connectivity index (χ2n) is 5.64. The van der Waals surface area contributed by atoms with Crippen LogP contribution in [0.3, 0.4) is 0 Å². The number of hydrogen-bond acceptors (Lipinski definition) is 7. The summed E-state index contributed by atoms with van der Waals surface area (Å²) in [6, 6.07) is 0. The maximum Gasteiger partial charge on any atom is 0.509 e. The monoisotopic (exact) mass is 318 g/mol. The van der Waals surface area contributed by atoms with E-state index in [0.717, 1.165) is 0 Å². The number of carbonyl (C=O) groups excluding carboxylic acids is 1. The highest BCUT2D eigenvalue weighted by atomic mass is 17.2. The van der Waals surface area contributed by atoms with Crippen molar-refractivity contribution in [2.45, 2.75) is 38.9 Å². The van der Waals surface area contributed by atoms with Gasteiger partial charge in [0.2, 0.25) is 0 Å². The molecule has 0 N–H and O–H groups in total. The fourth-order valence-electron chi connectivity index (χ4n) is 1.09. The molecule has 0 aromatic carbocycles. The van der Waals surface area contributed by atoms with Gasteiger partial charge in [-0.2, -0.15) is 0 Å². The van der Waals surface area contributed by atoms with E-state index in [9.17, 15) is 4.79 Å². The molecule has 0 rings (SSSR count). The van der Waals surface area contributed by atoms with Gasteiger partial charge in [-0.15, -0.1) is 13.2 Å². The Morgan fingerprint density at radius 2 is 1.18 bits per heavy atom. The summed E-state index contributed by atoms with van der Waals surface area (Å²) in [6.45, 7) is 14.2. The maximum atomic E-state index is 11.8. The van der Waals surface area contributed by atoms with E-state index in [2.05, 4.69) is 13.2 Å². The zero-order valence-corrected chi connectivity index (χ0v) is 13.8. The van der Waals surface area contributed by atoms with Gasteiger partial charge >= 0.3 is 6.16 Å².